The third-order valence-electron chi connectivity index (χ3n) is 2.24. The highest BCUT2D eigenvalue weighted by molar-refractivity contribution is 8.76. The van der Waals surface area contributed by atoms with Crippen LogP contribution in [0.3, 0.4) is 0 Å². The normalized spacial score (nSPS) is 10.4. The minimum Gasteiger partial charge on any atom is -0.379 e. The average Bonchev–Trinajstić information content (AvgIpc) is 2.42. The van der Waals surface area contributed by atoms with Gasteiger partial charge in [0.25, 0.3) is 5.69 Å². The van der Waals surface area contributed by atoms with Gasteiger partial charge in [-0.05, 0) is 0 Å². The second-order valence-electron chi connectivity index (χ2n) is 3.69. The van der Waals surface area contributed by atoms with Gasteiger partial charge in [-0.3, -0.25) is 20.2 Å². The van der Waals surface area contributed by atoms with E-state index in [2.05, 4.69) is 5.32 Å². The van der Waals surface area contributed by atoms with Crippen molar-refractivity contribution in [3.05, 3.63) is 38.2 Å². The van der Waals surface area contributed by atoms with Crippen LogP contribution in [-0.2, 0) is 0 Å². The zero-order valence-electron chi connectivity index (χ0n) is 10.8. The van der Waals surface area contributed by atoms with E-state index in [9.17, 15) is 24.6 Å². The van der Waals surface area contributed by atoms with Crippen LogP contribution in [0.1, 0.15) is 0 Å². The van der Waals surface area contributed by atoms with Crippen LogP contribution in [0.25, 0.3) is 0 Å². The summed E-state index contributed by atoms with van der Waals surface area (Å²) in [6.45, 7) is 0.921. The van der Waals surface area contributed by atoms with Crippen molar-refractivity contribution >= 4 is 38.6 Å². The molecule has 8 nitrogen and oxygen atoms in total. The molecule has 0 saturated heterocycles. The van der Waals surface area contributed by atoms with Crippen molar-refractivity contribution in [1.29, 1.82) is 0 Å². The quantitative estimate of drug-likeness (QED) is 0.305. The molecule has 3 N–H and O–H groups in total. The molecule has 0 unspecified atom stereocenters. The van der Waals surface area contributed by atoms with Crippen LogP contribution in [0.15, 0.2) is 12.1 Å². The molecular weight excluding hydrogens is 323 g/mol. The molecule has 1 aromatic carbocycles. The Morgan fingerprint density at radius 3 is 2.33 bits per heavy atom. The average molecular weight is 336 g/mol. The van der Waals surface area contributed by atoms with Crippen LogP contribution < -0.4 is 11.1 Å². The third-order valence-corrected chi connectivity index (χ3v) is 4.68. The molecule has 0 aromatic heterocycles. The van der Waals surface area contributed by atoms with Gasteiger partial charge in [0.05, 0.1) is 15.9 Å². The Bertz CT molecular complexity index is 532. The molecule has 1 rings (SSSR count). The topological polar surface area (TPSA) is 124 Å². The number of halogens is 1. The Hall–Kier alpha value is -1.59. The largest absolute Gasteiger partial charge is 0.379 e. The van der Waals surface area contributed by atoms with E-state index in [1.54, 1.807) is 10.8 Å². The summed E-state index contributed by atoms with van der Waals surface area (Å²) in [5.41, 5.74) is 3.80. The van der Waals surface area contributed by atoms with Crippen LogP contribution in [0.5, 0.6) is 0 Å². The predicted molar refractivity (Wildman–Crippen MR) is 82.2 cm³/mol. The lowest BCUT2D eigenvalue weighted by Gasteiger charge is -2.07. The maximum Gasteiger partial charge on any atom is 0.311 e. The first kappa shape index (κ1) is 17.5. The van der Waals surface area contributed by atoms with Crippen molar-refractivity contribution in [3.63, 3.8) is 0 Å². The van der Waals surface area contributed by atoms with Crippen molar-refractivity contribution in [2.75, 3.05) is 29.9 Å². The van der Waals surface area contributed by atoms with Crippen molar-refractivity contribution in [3.8, 4) is 0 Å². The molecule has 0 heterocycles. The second kappa shape index (κ2) is 8.64. The summed E-state index contributed by atoms with van der Waals surface area (Å²) in [5.74, 6) is 0.301. The molecule has 116 valence electrons. The third kappa shape index (κ3) is 5.36. The number of rotatable bonds is 9. The molecule has 0 aliphatic heterocycles. The van der Waals surface area contributed by atoms with Crippen LogP contribution in [0.2, 0.25) is 0 Å². The SMILES string of the molecule is NCCSSCCNc1cc(F)c([N+](=O)[O-])cc1[N+](=O)[O-]. The fourth-order valence-corrected chi connectivity index (χ4v) is 3.14. The number of hydrogen-bond acceptors (Lipinski definition) is 8. The van der Waals surface area contributed by atoms with E-state index in [0.29, 0.717) is 24.9 Å². The van der Waals surface area contributed by atoms with Gasteiger partial charge < -0.3 is 11.1 Å². The summed E-state index contributed by atoms with van der Waals surface area (Å²) in [4.78, 5) is 19.7. The van der Waals surface area contributed by atoms with Gasteiger partial charge in [-0.15, -0.1) is 0 Å². The number of nitro benzene ring substituents is 2. The Balaban J connectivity index is 2.74. The molecule has 1 aromatic rings. The minimum atomic E-state index is -1.11. The second-order valence-corrected chi connectivity index (χ2v) is 6.40. The molecule has 11 heteroatoms. The van der Waals surface area contributed by atoms with E-state index in [1.807, 2.05) is 0 Å². The van der Waals surface area contributed by atoms with Gasteiger partial charge in [-0.1, -0.05) is 21.6 Å². The Morgan fingerprint density at radius 2 is 1.76 bits per heavy atom. The lowest BCUT2D eigenvalue weighted by molar-refractivity contribution is -0.395. The summed E-state index contributed by atoms with van der Waals surface area (Å²) in [6.07, 6.45) is 0. The molecule has 0 radical (unpaired) electrons. The minimum absolute atomic E-state index is 0.0764. The fourth-order valence-electron chi connectivity index (χ4n) is 1.38. The van der Waals surface area contributed by atoms with Crippen molar-refractivity contribution in [2.24, 2.45) is 5.73 Å². The molecule has 0 spiro atoms. The molecule has 0 fully saturated rings. The predicted octanol–water partition coefficient (Wildman–Crippen LogP) is 2.39. The molecule has 0 amide bonds. The fraction of sp³-hybridized carbons (Fsp3) is 0.400. The lowest BCUT2D eigenvalue weighted by atomic mass is 10.2. The van der Waals surface area contributed by atoms with E-state index in [4.69, 9.17) is 5.73 Å². The number of nitrogens with one attached hydrogen (secondary N) is 1. The number of anilines is 1. The number of nitro groups is 2. The van der Waals surface area contributed by atoms with Crippen LogP contribution in [0, 0.1) is 26.0 Å². The first-order valence-electron chi connectivity index (χ1n) is 5.78. The van der Waals surface area contributed by atoms with Crippen LogP contribution >= 0.6 is 21.6 Å². The van der Waals surface area contributed by atoms with Gasteiger partial charge in [0.1, 0.15) is 5.69 Å². The smallest absolute Gasteiger partial charge is 0.311 e. The molecule has 0 aliphatic rings. The Labute approximate surface area is 127 Å². The Kier molecular flexibility index (Phi) is 7.19. The maximum absolute atomic E-state index is 13.5. The summed E-state index contributed by atoms with van der Waals surface area (Å²) in [6, 6.07) is 1.39. The van der Waals surface area contributed by atoms with Gasteiger partial charge in [-0.2, -0.15) is 4.39 Å². The molecule has 0 aliphatic carbocycles. The maximum atomic E-state index is 13.5. The van der Waals surface area contributed by atoms with Crippen LogP contribution in [-0.4, -0.2) is 34.4 Å². The number of hydrogen-bond donors (Lipinski definition) is 2. The van der Waals surface area contributed by atoms with E-state index in [0.717, 1.165) is 11.8 Å². The molecular formula is C10H13FN4O4S2. The van der Waals surface area contributed by atoms with Crippen molar-refractivity contribution in [2.45, 2.75) is 0 Å². The molecule has 0 saturated carbocycles. The zero-order valence-corrected chi connectivity index (χ0v) is 12.4. The number of benzene rings is 1. The van der Waals surface area contributed by atoms with Gasteiger partial charge in [-0.25, -0.2) is 0 Å². The highest BCUT2D eigenvalue weighted by atomic mass is 33.1. The van der Waals surface area contributed by atoms with Gasteiger partial charge in [0.2, 0.25) is 5.82 Å². The van der Waals surface area contributed by atoms with Gasteiger partial charge >= 0.3 is 5.69 Å². The van der Waals surface area contributed by atoms with Crippen LogP contribution in [0.4, 0.5) is 21.5 Å². The van der Waals surface area contributed by atoms with Gasteiger partial charge in [0.15, 0.2) is 0 Å². The highest BCUT2D eigenvalue weighted by Crippen LogP contribution is 2.31. The molecule has 0 bridgehead atoms. The van der Waals surface area contributed by atoms with Gasteiger partial charge in [0, 0.05) is 30.7 Å². The van der Waals surface area contributed by atoms with E-state index >= 15 is 0 Å². The number of nitrogens with two attached hydrogens (primary N) is 1. The standard InChI is InChI=1S/C10H13FN4O4S2/c11-7-5-8(13-2-4-21-20-3-1-12)10(15(18)19)6-9(7)14(16)17/h5-6,13H,1-4,12H2. The number of nitrogens with zero attached hydrogens (tertiary/aromatic N) is 2. The Morgan fingerprint density at radius 1 is 1.14 bits per heavy atom. The van der Waals surface area contributed by atoms with E-state index in [1.165, 1.54) is 10.8 Å². The summed E-state index contributed by atoms with van der Waals surface area (Å²) >= 11 is 0. The zero-order chi connectivity index (χ0) is 15.8. The summed E-state index contributed by atoms with van der Waals surface area (Å²) < 4.78 is 13.5. The van der Waals surface area contributed by atoms with Crippen molar-refractivity contribution < 1.29 is 14.2 Å². The molecule has 21 heavy (non-hydrogen) atoms. The van der Waals surface area contributed by atoms with E-state index in [-0.39, 0.29) is 5.69 Å². The first-order valence-corrected chi connectivity index (χ1v) is 8.27. The lowest BCUT2D eigenvalue weighted by Crippen LogP contribution is -2.07. The first-order chi connectivity index (χ1) is 9.97. The van der Waals surface area contributed by atoms with Crippen molar-refractivity contribution in [1.82, 2.24) is 0 Å². The summed E-state index contributed by atoms with van der Waals surface area (Å²) in [5, 5.41) is 24.2. The summed E-state index contributed by atoms with van der Waals surface area (Å²) in [7, 11) is 3.09. The highest BCUT2D eigenvalue weighted by Gasteiger charge is 2.24. The monoisotopic (exact) mass is 336 g/mol. The molecule has 0 atom stereocenters. The van der Waals surface area contributed by atoms with E-state index < -0.39 is 27.0 Å².